The van der Waals surface area contributed by atoms with Gasteiger partial charge in [0.25, 0.3) is 0 Å². The summed E-state index contributed by atoms with van der Waals surface area (Å²) >= 11 is 0. The average Bonchev–Trinajstić information content (AvgIpc) is 2.18. The maximum absolute atomic E-state index is 9.35. The molecule has 4 nitrogen and oxygen atoms in total. The molecular formula is C10H16N2O2. The van der Waals surface area contributed by atoms with Crippen molar-refractivity contribution >= 4 is 11.4 Å². The fraction of sp³-hybridized carbons (Fsp3) is 0.400. The van der Waals surface area contributed by atoms with Crippen LogP contribution in [0.3, 0.4) is 0 Å². The van der Waals surface area contributed by atoms with Crippen LogP contribution >= 0.6 is 0 Å². The van der Waals surface area contributed by atoms with E-state index in [9.17, 15) is 5.11 Å². The molecule has 1 atom stereocenters. The molecule has 0 saturated carbocycles. The monoisotopic (exact) mass is 196 g/mol. The molecule has 1 aromatic rings. The molecule has 0 radical (unpaired) electrons. The number of benzene rings is 1. The summed E-state index contributed by atoms with van der Waals surface area (Å²) in [4.78, 5) is 0. The summed E-state index contributed by atoms with van der Waals surface area (Å²) in [5, 5.41) is 12.2. The van der Waals surface area contributed by atoms with Gasteiger partial charge in [-0.2, -0.15) is 0 Å². The molecule has 14 heavy (non-hydrogen) atoms. The predicted octanol–water partition coefficient (Wildman–Crippen LogP) is 1.42. The van der Waals surface area contributed by atoms with Crippen LogP contribution in [0.15, 0.2) is 18.2 Å². The number of nitrogen functional groups attached to an aromatic ring is 1. The van der Waals surface area contributed by atoms with E-state index in [2.05, 4.69) is 5.32 Å². The number of rotatable bonds is 4. The molecule has 0 aromatic heterocycles. The number of hydrogen-bond donors (Lipinski definition) is 3. The summed E-state index contributed by atoms with van der Waals surface area (Å²) in [7, 11) is 1.57. The zero-order valence-corrected chi connectivity index (χ0v) is 8.45. The standard InChI is InChI=1S/C10H16N2O2/c1-3-10(13)12-7-4-5-9(14-2)8(11)6-7/h4-6,10,12-13H,3,11H2,1-2H3. The molecule has 0 heterocycles. The largest absolute Gasteiger partial charge is 0.495 e. The minimum Gasteiger partial charge on any atom is -0.495 e. The van der Waals surface area contributed by atoms with E-state index in [1.807, 2.05) is 13.0 Å². The molecule has 1 unspecified atom stereocenters. The SMILES string of the molecule is CCC(O)Nc1ccc(OC)c(N)c1. The number of aliphatic hydroxyl groups excluding tert-OH is 1. The summed E-state index contributed by atoms with van der Waals surface area (Å²) in [6, 6.07) is 5.31. The van der Waals surface area contributed by atoms with Gasteiger partial charge in [0.2, 0.25) is 0 Å². The smallest absolute Gasteiger partial charge is 0.141 e. The van der Waals surface area contributed by atoms with Gasteiger partial charge in [-0.3, -0.25) is 0 Å². The van der Waals surface area contributed by atoms with Crippen molar-refractivity contribution in [3.8, 4) is 5.75 Å². The van der Waals surface area contributed by atoms with Crippen molar-refractivity contribution in [3.63, 3.8) is 0 Å². The second kappa shape index (κ2) is 4.72. The van der Waals surface area contributed by atoms with E-state index < -0.39 is 6.23 Å². The number of methoxy groups -OCH3 is 1. The van der Waals surface area contributed by atoms with E-state index in [1.54, 1.807) is 19.2 Å². The fourth-order valence-corrected chi connectivity index (χ4v) is 1.12. The highest BCUT2D eigenvalue weighted by Gasteiger charge is 2.03. The van der Waals surface area contributed by atoms with Crippen molar-refractivity contribution in [1.82, 2.24) is 0 Å². The highest BCUT2D eigenvalue weighted by molar-refractivity contribution is 5.62. The summed E-state index contributed by atoms with van der Waals surface area (Å²) in [5.74, 6) is 0.640. The maximum atomic E-state index is 9.35. The Morgan fingerprint density at radius 1 is 1.57 bits per heavy atom. The second-order valence-corrected chi connectivity index (χ2v) is 3.03. The Labute approximate surface area is 83.7 Å². The van der Waals surface area contributed by atoms with Crippen LogP contribution in [0, 0.1) is 0 Å². The predicted molar refractivity (Wildman–Crippen MR) is 57.3 cm³/mol. The minimum atomic E-state index is -0.539. The Hall–Kier alpha value is -1.42. The zero-order valence-electron chi connectivity index (χ0n) is 8.45. The third kappa shape index (κ3) is 2.53. The van der Waals surface area contributed by atoms with Gasteiger partial charge in [-0.15, -0.1) is 0 Å². The van der Waals surface area contributed by atoms with E-state index in [1.165, 1.54) is 0 Å². The summed E-state index contributed by atoms with van der Waals surface area (Å²) in [5.41, 5.74) is 7.05. The highest BCUT2D eigenvalue weighted by atomic mass is 16.5. The van der Waals surface area contributed by atoms with Crippen LogP contribution in [-0.2, 0) is 0 Å². The number of nitrogens with one attached hydrogen (secondary N) is 1. The van der Waals surface area contributed by atoms with E-state index in [4.69, 9.17) is 10.5 Å². The van der Waals surface area contributed by atoms with Gasteiger partial charge in [0.1, 0.15) is 12.0 Å². The Balaban J connectivity index is 2.76. The van der Waals surface area contributed by atoms with Gasteiger partial charge in [-0.25, -0.2) is 0 Å². The van der Waals surface area contributed by atoms with Crippen molar-refractivity contribution in [2.45, 2.75) is 19.6 Å². The lowest BCUT2D eigenvalue weighted by atomic mass is 10.2. The van der Waals surface area contributed by atoms with Gasteiger partial charge < -0.3 is 20.9 Å². The van der Waals surface area contributed by atoms with Crippen LogP contribution in [0.2, 0.25) is 0 Å². The summed E-state index contributed by atoms with van der Waals surface area (Å²) in [6.07, 6.45) is 0.106. The molecule has 0 bridgehead atoms. The van der Waals surface area contributed by atoms with Gasteiger partial charge >= 0.3 is 0 Å². The lowest BCUT2D eigenvalue weighted by Gasteiger charge is -2.13. The molecule has 0 fully saturated rings. The van der Waals surface area contributed by atoms with Crippen molar-refractivity contribution < 1.29 is 9.84 Å². The van der Waals surface area contributed by atoms with E-state index in [0.29, 0.717) is 17.9 Å². The quantitative estimate of drug-likeness (QED) is 0.503. The van der Waals surface area contributed by atoms with Crippen LogP contribution in [-0.4, -0.2) is 18.4 Å². The molecule has 0 spiro atoms. The molecule has 4 N–H and O–H groups in total. The second-order valence-electron chi connectivity index (χ2n) is 3.03. The molecule has 0 amide bonds. The van der Waals surface area contributed by atoms with Crippen molar-refractivity contribution in [3.05, 3.63) is 18.2 Å². The van der Waals surface area contributed by atoms with Crippen molar-refractivity contribution in [1.29, 1.82) is 0 Å². The van der Waals surface area contributed by atoms with E-state index in [-0.39, 0.29) is 0 Å². The van der Waals surface area contributed by atoms with Crippen LogP contribution in [0.1, 0.15) is 13.3 Å². The molecule has 0 aliphatic carbocycles. The van der Waals surface area contributed by atoms with E-state index in [0.717, 1.165) is 5.69 Å². The zero-order chi connectivity index (χ0) is 10.6. The first-order chi connectivity index (χ1) is 6.67. The molecule has 0 aliphatic heterocycles. The lowest BCUT2D eigenvalue weighted by Crippen LogP contribution is -2.16. The molecule has 0 aliphatic rings. The normalized spacial score (nSPS) is 12.2. The van der Waals surface area contributed by atoms with Crippen LogP contribution < -0.4 is 15.8 Å². The first-order valence-electron chi connectivity index (χ1n) is 4.55. The fourth-order valence-electron chi connectivity index (χ4n) is 1.12. The molecule has 0 saturated heterocycles. The minimum absolute atomic E-state index is 0.539. The highest BCUT2D eigenvalue weighted by Crippen LogP contribution is 2.24. The summed E-state index contributed by atoms with van der Waals surface area (Å²) < 4.78 is 5.02. The molecule has 78 valence electrons. The number of anilines is 2. The Bertz CT molecular complexity index is 302. The third-order valence-electron chi connectivity index (χ3n) is 1.95. The molecule has 4 heteroatoms. The van der Waals surface area contributed by atoms with Crippen molar-refractivity contribution in [2.24, 2.45) is 0 Å². The van der Waals surface area contributed by atoms with Crippen LogP contribution in [0.5, 0.6) is 5.75 Å². The molecule has 1 aromatic carbocycles. The van der Waals surface area contributed by atoms with Crippen LogP contribution in [0.25, 0.3) is 0 Å². The Morgan fingerprint density at radius 2 is 2.29 bits per heavy atom. The first-order valence-corrected chi connectivity index (χ1v) is 4.55. The van der Waals surface area contributed by atoms with Gasteiger partial charge in [-0.05, 0) is 24.6 Å². The first kappa shape index (κ1) is 10.7. The van der Waals surface area contributed by atoms with Crippen LogP contribution in [0.4, 0.5) is 11.4 Å². The van der Waals surface area contributed by atoms with E-state index >= 15 is 0 Å². The van der Waals surface area contributed by atoms with Crippen molar-refractivity contribution in [2.75, 3.05) is 18.2 Å². The topological polar surface area (TPSA) is 67.5 Å². The third-order valence-corrected chi connectivity index (χ3v) is 1.95. The number of aliphatic hydroxyl groups is 1. The van der Waals surface area contributed by atoms with Gasteiger partial charge in [0, 0.05) is 5.69 Å². The number of ether oxygens (including phenoxy) is 1. The maximum Gasteiger partial charge on any atom is 0.141 e. The summed E-state index contributed by atoms with van der Waals surface area (Å²) in [6.45, 7) is 1.89. The van der Waals surface area contributed by atoms with Gasteiger partial charge in [-0.1, -0.05) is 6.92 Å². The lowest BCUT2D eigenvalue weighted by molar-refractivity contribution is 0.199. The Morgan fingerprint density at radius 3 is 2.79 bits per heavy atom. The van der Waals surface area contributed by atoms with Gasteiger partial charge in [0.15, 0.2) is 0 Å². The van der Waals surface area contributed by atoms with Gasteiger partial charge in [0.05, 0.1) is 12.8 Å². The Kier molecular flexibility index (Phi) is 3.59. The number of nitrogens with two attached hydrogens (primary N) is 1. The molecule has 1 rings (SSSR count). The average molecular weight is 196 g/mol. The molecular weight excluding hydrogens is 180 g/mol. The number of hydrogen-bond acceptors (Lipinski definition) is 4.